The van der Waals surface area contributed by atoms with E-state index in [1.807, 2.05) is 45.0 Å². The third-order valence-electron chi connectivity index (χ3n) is 12.7. The number of ether oxygens (including phenoxy) is 2. The third kappa shape index (κ3) is 9.32. The number of hydrogen-bond donors (Lipinski definition) is 2. The number of fused-ring (bicyclic) bond motifs is 6. The highest BCUT2D eigenvalue weighted by atomic mass is 16.5. The van der Waals surface area contributed by atoms with E-state index in [0.29, 0.717) is 44.3 Å². The minimum Gasteiger partial charge on any atom is -0.464 e. The molecule has 2 N–H and O–H groups in total. The van der Waals surface area contributed by atoms with Gasteiger partial charge in [0, 0.05) is 74.0 Å². The summed E-state index contributed by atoms with van der Waals surface area (Å²) < 4.78 is 20.4. The van der Waals surface area contributed by atoms with Crippen LogP contribution in [0.4, 0.5) is 0 Å². The predicted octanol–water partition coefficient (Wildman–Crippen LogP) is 4.65. The average molecular weight is 880 g/mol. The van der Waals surface area contributed by atoms with Crippen LogP contribution in [0.5, 0.6) is 0 Å². The summed E-state index contributed by atoms with van der Waals surface area (Å²) in [5, 5.41) is 14.0. The van der Waals surface area contributed by atoms with Crippen LogP contribution in [-0.2, 0) is 52.8 Å². The van der Waals surface area contributed by atoms with Gasteiger partial charge in [0.15, 0.2) is 0 Å². The van der Waals surface area contributed by atoms with Crippen molar-refractivity contribution in [3.8, 4) is 22.7 Å². The van der Waals surface area contributed by atoms with Crippen molar-refractivity contribution in [3.05, 3.63) is 66.3 Å². The molecular weight excluding hydrogens is 819 g/mol. The van der Waals surface area contributed by atoms with Gasteiger partial charge in [0.1, 0.15) is 18.1 Å². The zero-order valence-corrected chi connectivity index (χ0v) is 38.2. The molecule has 342 valence electrons. The molecule has 17 heteroatoms. The number of rotatable bonds is 10. The first-order valence-electron chi connectivity index (χ1n) is 22.2. The normalized spacial score (nSPS) is 21.3. The lowest BCUT2D eigenvalue weighted by molar-refractivity contribution is -0.155. The van der Waals surface area contributed by atoms with Crippen LogP contribution >= 0.6 is 0 Å². The molecule has 2 saturated heterocycles. The zero-order valence-electron chi connectivity index (χ0n) is 38.2. The molecule has 6 heterocycles. The summed E-state index contributed by atoms with van der Waals surface area (Å²) in [5.41, 5.74) is 7.93. The number of nitrogens with zero attached hydrogens (tertiary/aromatic N) is 7. The smallest absolute Gasteiger partial charge is 0.324 e. The molecule has 7 rings (SSSR count). The molecule has 64 heavy (non-hydrogen) atoms. The Bertz CT molecular complexity index is 2420. The molecule has 3 aromatic heterocycles. The van der Waals surface area contributed by atoms with E-state index in [-0.39, 0.29) is 61.7 Å². The molecule has 17 nitrogen and oxygen atoms in total. The molecular formula is C47H61N9O8. The highest BCUT2D eigenvalue weighted by molar-refractivity contribution is 5.95. The number of amides is 4. The highest BCUT2D eigenvalue weighted by Gasteiger charge is 2.40. The van der Waals surface area contributed by atoms with Gasteiger partial charge in [0.2, 0.25) is 29.5 Å². The van der Waals surface area contributed by atoms with E-state index in [4.69, 9.17) is 18.9 Å². The van der Waals surface area contributed by atoms with Gasteiger partial charge in [-0.3, -0.25) is 34.0 Å². The van der Waals surface area contributed by atoms with Crippen LogP contribution in [0.25, 0.3) is 33.6 Å². The van der Waals surface area contributed by atoms with Crippen LogP contribution in [0.3, 0.4) is 0 Å². The Kier molecular flexibility index (Phi) is 13.7. The highest BCUT2D eigenvalue weighted by Crippen LogP contribution is 2.42. The second kappa shape index (κ2) is 19.0. The second-order valence-corrected chi connectivity index (χ2v) is 18.3. The summed E-state index contributed by atoms with van der Waals surface area (Å²) in [6, 6.07) is 6.96. The average Bonchev–Trinajstić information content (AvgIpc) is 4.05. The first-order chi connectivity index (χ1) is 30.5. The molecule has 0 spiro atoms. The number of hydrogen-bond acceptors (Lipinski definition) is 12. The number of cyclic esters (lactones) is 1. The van der Waals surface area contributed by atoms with Gasteiger partial charge in [0.05, 0.1) is 36.4 Å². The van der Waals surface area contributed by atoms with Gasteiger partial charge in [-0.2, -0.15) is 0 Å². The Hall–Kier alpha value is -5.94. The predicted molar refractivity (Wildman–Crippen MR) is 238 cm³/mol. The van der Waals surface area contributed by atoms with Crippen LogP contribution in [-0.4, -0.2) is 123 Å². The molecule has 0 radical (unpaired) electrons. The Morgan fingerprint density at radius 2 is 1.91 bits per heavy atom. The second-order valence-electron chi connectivity index (χ2n) is 18.3. The quantitative estimate of drug-likeness (QED) is 0.166. The van der Waals surface area contributed by atoms with Gasteiger partial charge in [-0.1, -0.05) is 34.3 Å². The molecule has 5 atom stereocenters. The molecule has 0 saturated carbocycles. The number of aromatic nitrogens is 4. The number of pyridine rings is 1. The maximum absolute atomic E-state index is 14.5. The summed E-state index contributed by atoms with van der Waals surface area (Å²) in [6.45, 7) is 17.1. The number of esters is 1. The topological polar surface area (TPSA) is 194 Å². The van der Waals surface area contributed by atoms with Crippen molar-refractivity contribution in [2.75, 3.05) is 40.4 Å². The number of benzene rings is 1. The van der Waals surface area contributed by atoms with E-state index in [0.717, 1.165) is 33.4 Å². The van der Waals surface area contributed by atoms with Crippen molar-refractivity contribution < 1.29 is 37.9 Å². The first kappa shape index (κ1) is 46.1. The molecule has 3 aliphatic heterocycles. The lowest BCUT2D eigenvalue weighted by Crippen LogP contribution is -2.62. The van der Waals surface area contributed by atoms with Gasteiger partial charge in [-0.25, -0.2) is 5.43 Å². The zero-order chi connectivity index (χ0) is 46.0. The van der Waals surface area contributed by atoms with E-state index in [2.05, 4.69) is 58.9 Å². The van der Waals surface area contributed by atoms with Crippen molar-refractivity contribution in [3.63, 3.8) is 0 Å². The third-order valence-corrected chi connectivity index (χ3v) is 12.7. The van der Waals surface area contributed by atoms with E-state index in [1.165, 1.54) is 16.0 Å². The Balaban J connectivity index is 1.27. The fourth-order valence-corrected chi connectivity index (χ4v) is 9.35. The number of likely N-dealkylation sites (N-methyl/N-ethyl adjacent to an activating group) is 1. The van der Waals surface area contributed by atoms with Crippen molar-refractivity contribution >= 4 is 40.5 Å². The SMILES string of the molecule is C=CC(=O)N1CC[C@H](C(=O)N(C)C(C(=O)N[C@H]2Cc3nnc(o3)-c3ccc4c(c3)c(c(-c3cccnc3[C@H](C)OC)n4CC)CC(C)(C)COC(=O)[C@@H]3CCCN(N3)C2=O)C(C)C)C1. The van der Waals surface area contributed by atoms with Gasteiger partial charge in [-0.05, 0) is 87.4 Å². The van der Waals surface area contributed by atoms with Crippen LogP contribution in [0.1, 0.15) is 84.1 Å². The summed E-state index contributed by atoms with van der Waals surface area (Å²) in [4.78, 5) is 76.6. The van der Waals surface area contributed by atoms with Crippen LogP contribution < -0.4 is 10.7 Å². The standard InChI is InChI=1S/C47H61N9O8/c1-10-38(57)54-21-18-30(25-54)44(59)53(8)40(27(3)4)42(58)49-35-23-37-50-51-43(64-37)29-16-17-36-32(22-29)33(41(55(36)11-2)31-14-12-19-48-39(31)28(5)62-9)24-47(6,7)26-63-46(61)34-15-13-20-56(52-34)45(35)60/h10,12,14,16-17,19,22,27-28,30,34-35,40,52H,1,11,13,15,18,20-21,23-26H2,2-9H3,(H,49,58)/t28-,30-,34-,35-,40?/m0/s1. The molecule has 1 unspecified atom stereocenters. The number of likely N-dealkylation sites (tertiary alicyclic amines) is 1. The molecule has 6 bridgehead atoms. The maximum atomic E-state index is 14.5. The fraction of sp³-hybridized carbons (Fsp3) is 0.532. The van der Waals surface area contributed by atoms with Gasteiger partial charge in [-0.15, -0.1) is 10.2 Å². The first-order valence-corrected chi connectivity index (χ1v) is 22.2. The summed E-state index contributed by atoms with van der Waals surface area (Å²) in [7, 11) is 3.23. The monoisotopic (exact) mass is 879 g/mol. The maximum Gasteiger partial charge on any atom is 0.324 e. The van der Waals surface area contributed by atoms with E-state index in [1.54, 1.807) is 25.3 Å². The fourth-order valence-electron chi connectivity index (χ4n) is 9.35. The Labute approximate surface area is 373 Å². The number of aryl methyl sites for hydroxylation is 1. The van der Waals surface area contributed by atoms with Crippen molar-refractivity contribution in [2.24, 2.45) is 17.3 Å². The largest absolute Gasteiger partial charge is 0.464 e. The van der Waals surface area contributed by atoms with Crippen molar-refractivity contribution in [2.45, 2.75) is 104 Å². The molecule has 4 aromatic rings. The Morgan fingerprint density at radius 3 is 2.62 bits per heavy atom. The summed E-state index contributed by atoms with van der Waals surface area (Å²) >= 11 is 0. The number of carbonyl (C=O) groups excluding carboxylic acids is 5. The molecule has 0 aliphatic carbocycles. The van der Waals surface area contributed by atoms with Gasteiger partial charge < -0.3 is 33.6 Å². The van der Waals surface area contributed by atoms with E-state index in [9.17, 15) is 24.0 Å². The summed E-state index contributed by atoms with van der Waals surface area (Å²) in [6.07, 6.45) is 4.46. The molecule has 4 amide bonds. The van der Waals surface area contributed by atoms with Gasteiger partial charge in [0.25, 0.3) is 5.91 Å². The lowest BCUT2D eigenvalue weighted by atomic mass is 9.84. The number of carbonyl (C=O) groups is 5. The minimum atomic E-state index is -1.23. The molecule has 1 aromatic carbocycles. The number of methoxy groups -OCH3 is 1. The molecule has 3 aliphatic rings. The van der Waals surface area contributed by atoms with Crippen LogP contribution in [0.15, 0.2) is 53.6 Å². The summed E-state index contributed by atoms with van der Waals surface area (Å²) in [5.74, 6) is -2.59. The van der Waals surface area contributed by atoms with Crippen LogP contribution in [0.2, 0.25) is 0 Å². The number of hydrazine groups is 1. The number of nitrogens with one attached hydrogen (secondary N) is 2. The minimum absolute atomic E-state index is 0.0994. The molecule has 2 fully saturated rings. The van der Waals surface area contributed by atoms with Crippen molar-refractivity contribution in [1.29, 1.82) is 0 Å². The van der Waals surface area contributed by atoms with Crippen molar-refractivity contribution in [1.82, 2.24) is 45.3 Å². The van der Waals surface area contributed by atoms with Gasteiger partial charge >= 0.3 is 5.97 Å². The van der Waals surface area contributed by atoms with E-state index >= 15 is 0 Å². The van der Waals surface area contributed by atoms with E-state index < -0.39 is 47.2 Å². The Morgan fingerprint density at radius 1 is 1.12 bits per heavy atom. The van der Waals surface area contributed by atoms with Crippen LogP contribution in [0, 0.1) is 17.3 Å². The lowest BCUT2D eigenvalue weighted by Gasteiger charge is -2.36.